The van der Waals surface area contributed by atoms with Gasteiger partial charge in [0.1, 0.15) is 0 Å². The molecule has 0 aliphatic carbocycles. The first-order valence-corrected chi connectivity index (χ1v) is 5.28. The summed E-state index contributed by atoms with van der Waals surface area (Å²) in [6, 6.07) is 6.17. The second-order valence-corrected chi connectivity index (χ2v) is 5.09. The van der Waals surface area contributed by atoms with Crippen molar-refractivity contribution in [3.8, 4) is 0 Å². The predicted octanol–water partition coefficient (Wildman–Crippen LogP) is 2.36. The van der Waals surface area contributed by atoms with E-state index in [0.717, 1.165) is 17.7 Å². The Morgan fingerprint density at radius 1 is 1.33 bits per heavy atom. The molecular formula is C13H17NO. The molecule has 1 aliphatic heterocycles. The van der Waals surface area contributed by atoms with Crippen LogP contribution in [0.3, 0.4) is 0 Å². The van der Waals surface area contributed by atoms with E-state index in [0.29, 0.717) is 0 Å². The van der Waals surface area contributed by atoms with E-state index in [1.807, 2.05) is 24.9 Å². The molecule has 1 aliphatic rings. The van der Waals surface area contributed by atoms with E-state index in [1.54, 1.807) is 0 Å². The minimum Gasteiger partial charge on any atom is -0.341 e. The molecule has 0 saturated carbocycles. The number of carbonyl (C=O) groups excluding carboxylic acids is 1. The average Bonchev–Trinajstić information content (AvgIpc) is 2.13. The van der Waals surface area contributed by atoms with Crippen LogP contribution in [-0.4, -0.2) is 24.4 Å². The van der Waals surface area contributed by atoms with E-state index in [-0.39, 0.29) is 11.3 Å². The molecule has 0 unspecified atom stereocenters. The molecule has 0 bridgehead atoms. The molecule has 1 amide bonds. The number of amides is 1. The summed E-state index contributed by atoms with van der Waals surface area (Å²) in [5, 5.41) is 0. The summed E-state index contributed by atoms with van der Waals surface area (Å²) >= 11 is 0. The molecule has 0 aromatic heterocycles. The molecule has 0 saturated heterocycles. The molecular weight excluding hydrogens is 186 g/mol. The molecule has 1 aromatic rings. The van der Waals surface area contributed by atoms with Gasteiger partial charge in [-0.2, -0.15) is 0 Å². The quantitative estimate of drug-likeness (QED) is 0.634. The van der Waals surface area contributed by atoms with Crippen LogP contribution in [0.15, 0.2) is 18.2 Å². The highest BCUT2D eigenvalue weighted by Crippen LogP contribution is 2.32. The number of rotatable bonds is 0. The minimum absolute atomic E-state index is 0.0612. The van der Waals surface area contributed by atoms with Crippen molar-refractivity contribution in [1.29, 1.82) is 0 Å². The summed E-state index contributed by atoms with van der Waals surface area (Å²) in [4.78, 5) is 13.8. The highest BCUT2D eigenvalue weighted by Gasteiger charge is 2.34. The van der Waals surface area contributed by atoms with E-state index in [4.69, 9.17) is 0 Å². The summed E-state index contributed by atoms with van der Waals surface area (Å²) in [5.74, 6) is 0.146. The number of benzene rings is 1. The molecule has 0 atom stereocenters. The molecule has 0 N–H and O–H groups in total. The molecule has 2 nitrogen and oxygen atoms in total. The number of aryl methyl sites for hydroxylation is 1. The topological polar surface area (TPSA) is 20.3 Å². The molecule has 0 spiro atoms. The zero-order chi connectivity index (χ0) is 11.2. The van der Waals surface area contributed by atoms with Gasteiger partial charge in [0.05, 0.1) is 0 Å². The lowest BCUT2D eigenvalue weighted by molar-refractivity contribution is 0.0737. The van der Waals surface area contributed by atoms with Crippen molar-refractivity contribution in [2.24, 2.45) is 0 Å². The second kappa shape index (κ2) is 3.09. The van der Waals surface area contributed by atoms with Crippen LogP contribution in [0.25, 0.3) is 0 Å². The lowest BCUT2D eigenvalue weighted by atomic mass is 9.78. The first-order chi connectivity index (χ1) is 6.92. The number of hydrogen-bond donors (Lipinski definition) is 0. The van der Waals surface area contributed by atoms with Crippen LogP contribution in [-0.2, 0) is 5.41 Å². The highest BCUT2D eigenvalue weighted by atomic mass is 16.2. The first kappa shape index (κ1) is 10.2. The van der Waals surface area contributed by atoms with Gasteiger partial charge in [-0.05, 0) is 18.6 Å². The Labute approximate surface area is 90.9 Å². The van der Waals surface area contributed by atoms with Crippen LogP contribution in [0, 0.1) is 6.92 Å². The van der Waals surface area contributed by atoms with Crippen LogP contribution >= 0.6 is 0 Å². The van der Waals surface area contributed by atoms with Gasteiger partial charge in [0, 0.05) is 24.6 Å². The Hall–Kier alpha value is -1.31. The van der Waals surface area contributed by atoms with Crippen molar-refractivity contribution in [3.63, 3.8) is 0 Å². The van der Waals surface area contributed by atoms with Crippen molar-refractivity contribution < 1.29 is 4.79 Å². The third-order valence-corrected chi connectivity index (χ3v) is 3.11. The lowest BCUT2D eigenvalue weighted by Crippen LogP contribution is -2.44. The average molecular weight is 203 g/mol. The van der Waals surface area contributed by atoms with Crippen molar-refractivity contribution in [2.75, 3.05) is 13.6 Å². The summed E-state index contributed by atoms with van der Waals surface area (Å²) in [6.07, 6.45) is 0. The Kier molecular flexibility index (Phi) is 2.10. The maximum atomic E-state index is 12.0. The van der Waals surface area contributed by atoms with Crippen LogP contribution in [0.1, 0.15) is 35.3 Å². The van der Waals surface area contributed by atoms with Crippen molar-refractivity contribution in [3.05, 3.63) is 34.9 Å². The summed E-state index contributed by atoms with van der Waals surface area (Å²) in [7, 11) is 1.87. The highest BCUT2D eigenvalue weighted by molar-refractivity contribution is 5.97. The van der Waals surface area contributed by atoms with E-state index < -0.39 is 0 Å². The van der Waals surface area contributed by atoms with Crippen LogP contribution in [0.2, 0.25) is 0 Å². The Bertz CT molecular complexity index is 421. The Morgan fingerprint density at radius 2 is 2.00 bits per heavy atom. The maximum absolute atomic E-state index is 12.0. The van der Waals surface area contributed by atoms with E-state index in [1.165, 1.54) is 5.56 Å². The first-order valence-electron chi connectivity index (χ1n) is 5.28. The predicted molar refractivity (Wildman–Crippen MR) is 61.2 cm³/mol. The van der Waals surface area contributed by atoms with Crippen molar-refractivity contribution in [2.45, 2.75) is 26.2 Å². The largest absolute Gasteiger partial charge is 0.341 e. The molecule has 1 heterocycles. The van der Waals surface area contributed by atoms with Gasteiger partial charge >= 0.3 is 0 Å². The number of likely N-dealkylation sites (N-methyl/N-ethyl adjacent to an activating group) is 1. The number of nitrogens with zero attached hydrogens (tertiary/aromatic N) is 1. The fourth-order valence-electron chi connectivity index (χ4n) is 2.38. The summed E-state index contributed by atoms with van der Waals surface area (Å²) in [6.45, 7) is 7.19. The third-order valence-electron chi connectivity index (χ3n) is 3.11. The Balaban J connectivity index is 2.64. The summed E-state index contributed by atoms with van der Waals surface area (Å²) in [5.41, 5.74) is 3.25. The number of fused-ring (bicyclic) bond motifs is 1. The molecule has 15 heavy (non-hydrogen) atoms. The molecule has 2 heteroatoms. The van der Waals surface area contributed by atoms with Crippen LogP contribution in [0.5, 0.6) is 0 Å². The van der Waals surface area contributed by atoms with Crippen LogP contribution < -0.4 is 0 Å². The fourth-order valence-corrected chi connectivity index (χ4v) is 2.38. The van der Waals surface area contributed by atoms with Gasteiger partial charge in [-0.1, -0.05) is 31.5 Å². The van der Waals surface area contributed by atoms with Crippen LogP contribution in [0.4, 0.5) is 0 Å². The van der Waals surface area contributed by atoms with Gasteiger partial charge in [-0.25, -0.2) is 0 Å². The van der Waals surface area contributed by atoms with E-state index >= 15 is 0 Å². The smallest absolute Gasteiger partial charge is 0.253 e. The SMILES string of the molecule is Cc1ccc2c(c1)C(=O)N(C)CC2(C)C. The van der Waals surface area contributed by atoms with E-state index in [9.17, 15) is 4.79 Å². The monoisotopic (exact) mass is 203 g/mol. The van der Waals surface area contributed by atoms with Crippen molar-refractivity contribution >= 4 is 5.91 Å². The van der Waals surface area contributed by atoms with Gasteiger partial charge in [-0.15, -0.1) is 0 Å². The fraction of sp³-hybridized carbons (Fsp3) is 0.462. The summed E-state index contributed by atoms with van der Waals surface area (Å²) < 4.78 is 0. The molecule has 2 rings (SSSR count). The standard InChI is InChI=1S/C13H17NO/c1-9-5-6-11-10(7-9)12(15)14(4)8-13(11,2)3/h5-7H,8H2,1-4H3. The molecule has 1 aromatic carbocycles. The van der Waals surface area contributed by atoms with Gasteiger partial charge in [-0.3, -0.25) is 4.79 Å². The maximum Gasteiger partial charge on any atom is 0.253 e. The molecule has 0 fully saturated rings. The lowest BCUT2D eigenvalue weighted by Gasteiger charge is -2.37. The number of hydrogen-bond acceptors (Lipinski definition) is 1. The molecule has 80 valence electrons. The van der Waals surface area contributed by atoms with Gasteiger partial charge in [0.25, 0.3) is 5.91 Å². The second-order valence-electron chi connectivity index (χ2n) is 5.09. The van der Waals surface area contributed by atoms with Crippen molar-refractivity contribution in [1.82, 2.24) is 4.90 Å². The molecule has 0 radical (unpaired) electrons. The van der Waals surface area contributed by atoms with Gasteiger partial charge < -0.3 is 4.90 Å². The Morgan fingerprint density at radius 3 is 2.67 bits per heavy atom. The zero-order valence-electron chi connectivity index (χ0n) is 9.79. The normalized spacial score (nSPS) is 18.9. The van der Waals surface area contributed by atoms with Gasteiger partial charge in [0.2, 0.25) is 0 Å². The zero-order valence-corrected chi connectivity index (χ0v) is 9.79. The van der Waals surface area contributed by atoms with Gasteiger partial charge in [0.15, 0.2) is 0 Å². The third kappa shape index (κ3) is 1.54. The minimum atomic E-state index is 0.0612. The number of carbonyl (C=O) groups is 1. The van der Waals surface area contributed by atoms with E-state index in [2.05, 4.69) is 26.0 Å².